The zero-order valence-corrected chi connectivity index (χ0v) is 11.3. The van der Waals surface area contributed by atoms with Gasteiger partial charge in [0.15, 0.2) is 0 Å². The van der Waals surface area contributed by atoms with Crippen LogP contribution < -0.4 is 5.32 Å². The summed E-state index contributed by atoms with van der Waals surface area (Å²) in [6.45, 7) is 8.56. The van der Waals surface area contributed by atoms with Crippen LogP contribution in [0.1, 0.15) is 53.4 Å². The van der Waals surface area contributed by atoms with E-state index in [2.05, 4.69) is 26.1 Å². The van der Waals surface area contributed by atoms with Gasteiger partial charge in [-0.25, -0.2) is 0 Å². The lowest BCUT2D eigenvalue weighted by Crippen LogP contribution is -2.54. The van der Waals surface area contributed by atoms with Gasteiger partial charge in [-0.2, -0.15) is 0 Å². The summed E-state index contributed by atoms with van der Waals surface area (Å²) in [5, 5.41) is 22.0. The van der Waals surface area contributed by atoms with Crippen LogP contribution in [0.4, 0.5) is 0 Å². The Morgan fingerprint density at radius 1 is 1.06 bits per heavy atom. The summed E-state index contributed by atoms with van der Waals surface area (Å²) in [6, 6.07) is 0.345. The first-order valence-corrected chi connectivity index (χ1v) is 6.49. The molecule has 0 fully saturated rings. The summed E-state index contributed by atoms with van der Waals surface area (Å²) >= 11 is 0. The van der Waals surface area contributed by atoms with Crippen LogP contribution in [0.3, 0.4) is 0 Å². The minimum Gasteiger partial charge on any atom is -0.394 e. The van der Waals surface area contributed by atoms with Crippen LogP contribution in [-0.4, -0.2) is 35.0 Å². The van der Waals surface area contributed by atoms with Crippen LogP contribution in [0, 0.1) is 5.92 Å². The highest BCUT2D eigenvalue weighted by Gasteiger charge is 2.27. The number of aliphatic hydroxyl groups is 2. The lowest BCUT2D eigenvalue weighted by molar-refractivity contribution is 0.0779. The Morgan fingerprint density at radius 2 is 1.62 bits per heavy atom. The molecular formula is C13H29NO2. The fourth-order valence-electron chi connectivity index (χ4n) is 1.89. The zero-order chi connectivity index (χ0) is 12.6. The Balaban J connectivity index is 3.95. The number of aliphatic hydroxyl groups excluding tert-OH is 2. The molecule has 0 rings (SSSR count). The molecule has 3 nitrogen and oxygen atoms in total. The molecule has 0 aliphatic carbocycles. The second-order valence-corrected chi connectivity index (χ2v) is 5.32. The normalized spacial score (nSPS) is 14.4. The fourth-order valence-corrected chi connectivity index (χ4v) is 1.89. The van der Waals surface area contributed by atoms with Gasteiger partial charge in [0.2, 0.25) is 0 Å². The molecule has 0 aromatic heterocycles. The molecule has 0 aromatic carbocycles. The summed E-state index contributed by atoms with van der Waals surface area (Å²) in [5.74, 6) is 0.749. The summed E-state index contributed by atoms with van der Waals surface area (Å²) in [7, 11) is 0. The first kappa shape index (κ1) is 15.9. The van der Waals surface area contributed by atoms with Gasteiger partial charge in [-0.05, 0) is 25.7 Å². The Labute approximate surface area is 100 Å². The van der Waals surface area contributed by atoms with Crippen molar-refractivity contribution in [2.75, 3.05) is 13.2 Å². The van der Waals surface area contributed by atoms with Crippen molar-refractivity contribution in [3.63, 3.8) is 0 Å². The molecule has 0 saturated heterocycles. The average Bonchev–Trinajstić information content (AvgIpc) is 2.25. The van der Waals surface area contributed by atoms with Gasteiger partial charge < -0.3 is 15.5 Å². The van der Waals surface area contributed by atoms with E-state index in [4.69, 9.17) is 0 Å². The van der Waals surface area contributed by atoms with Crippen LogP contribution in [0.25, 0.3) is 0 Å². The van der Waals surface area contributed by atoms with Gasteiger partial charge in [-0.1, -0.05) is 33.6 Å². The van der Waals surface area contributed by atoms with Gasteiger partial charge in [0.05, 0.1) is 18.8 Å². The molecule has 1 atom stereocenters. The first-order valence-electron chi connectivity index (χ1n) is 6.49. The minimum atomic E-state index is -0.503. The Bertz CT molecular complexity index is 159. The predicted molar refractivity (Wildman–Crippen MR) is 68.5 cm³/mol. The van der Waals surface area contributed by atoms with Crippen LogP contribution in [0.2, 0.25) is 0 Å². The maximum Gasteiger partial charge on any atom is 0.0647 e. The SMILES string of the molecule is CCC(CO)(CO)NC(C)CCCC(C)C. The second kappa shape index (κ2) is 8.04. The Kier molecular flexibility index (Phi) is 7.98. The summed E-state index contributed by atoms with van der Waals surface area (Å²) < 4.78 is 0. The number of hydrogen-bond acceptors (Lipinski definition) is 3. The molecule has 0 radical (unpaired) electrons. The first-order chi connectivity index (χ1) is 7.49. The highest BCUT2D eigenvalue weighted by atomic mass is 16.3. The van der Waals surface area contributed by atoms with E-state index < -0.39 is 5.54 Å². The van der Waals surface area contributed by atoms with Crippen molar-refractivity contribution < 1.29 is 10.2 Å². The molecule has 0 spiro atoms. The maximum absolute atomic E-state index is 9.32. The summed E-state index contributed by atoms with van der Waals surface area (Å²) in [4.78, 5) is 0. The molecule has 1 unspecified atom stereocenters. The molecule has 0 amide bonds. The van der Waals surface area contributed by atoms with Gasteiger partial charge in [0.1, 0.15) is 0 Å². The van der Waals surface area contributed by atoms with Crippen molar-refractivity contribution in [2.24, 2.45) is 5.92 Å². The molecule has 0 saturated carbocycles. The van der Waals surface area contributed by atoms with Gasteiger partial charge in [0.25, 0.3) is 0 Å². The second-order valence-electron chi connectivity index (χ2n) is 5.32. The molecule has 0 bridgehead atoms. The van der Waals surface area contributed by atoms with E-state index in [9.17, 15) is 10.2 Å². The molecular weight excluding hydrogens is 202 g/mol. The monoisotopic (exact) mass is 231 g/mol. The van der Waals surface area contributed by atoms with E-state index in [-0.39, 0.29) is 13.2 Å². The highest BCUT2D eigenvalue weighted by molar-refractivity contribution is 4.87. The molecule has 0 aromatic rings. The third kappa shape index (κ3) is 5.83. The average molecular weight is 231 g/mol. The molecule has 16 heavy (non-hydrogen) atoms. The smallest absolute Gasteiger partial charge is 0.0647 e. The van der Waals surface area contributed by atoms with Crippen LogP contribution in [-0.2, 0) is 0 Å². The standard InChI is InChI=1S/C13H29NO2/c1-5-13(9-15,10-16)14-12(4)8-6-7-11(2)3/h11-12,14-16H,5-10H2,1-4H3. The topological polar surface area (TPSA) is 52.5 Å². The van der Waals surface area contributed by atoms with Crippen molar-refractivity contribution in [3.8, 4) is 0 Å². The molecule has 98 valence electrons. The van der Waals surface area contributed by atoms with Gasteiger partial charge in [-0.15, -0.1) is 0 Å². The fraction of sp³-hybridized carbons (Fsp3) is 1.00. The van der Waals surface area contributed by atoms with Crippen molar-refractivity contribution in [2.45, 2.75) is 65.0 Å². The maximum atomic E-state index is 9.32. The molecule has 0 aliphatic rings. The van der Waals surface area contributed by atoms with Gasteiger partial charge >= 0.3 is 0 Å². The van der Waals surface area contributed by atoms with E-state index in [1.165, 1.54) is 12.8 Å². The van der Waals surface area contributed by atoms with E-state index in [1.807, 2.05) is 6.92 Å². The zero-order valence-electron chi connectivity index (χ0n) is 11.3. The number of nitrogens with one attached hydrogen (secondary N) is 1. The van der Waals surface area contributed by atoms with Crippen LogP contribution in [0.5, 0.6) is 0 Å². The molecule has 3 N–H and O–H groups in total. The summed E-state index contributed by atoms with van der Waals surface area (Å²) in [6.07, 6.45) is 4.28. The number of rotatable bonds is 9. The number of hydrogen-bond donors (Lipinski definition) is 3. The third-order valence-electron chi connectivity index (χ3n) is 3.25. The highest BCUT2D eigenvalue weighted by Crippen LogP contribution is 2.13. The Hall–Kier alpha value is -0.120. The van der Waals surface area contributed by atoms with Crippen LogP contribution in [0.15, 0.2) is 0 Å². The van der Waals surface area contributed by atoms with E-state index in [0.29, 0.717) is 6.04 Å². The Morgan fingerprint density at radius 3 is 2.00 bits per heavy atom. The lowest BCUT2D eigenvalue weighted by atomic mass is 9.95. The van der Waals surface area contributed by atoms with Crippen molar-refractivity contribution in [3.05, 3.63) is 0 Å². The van der Waals surface area contributed by atoms with E-state index >= 15 is 0 Å². The predicted octanol–water partition coefficient (Wildman–Crippen LogP) is 1.92. The molecule has 0 heterocycles. The lowest BCUT2D eigenvalue weighted by Gasteiger charge is -2.33. The van der Waals surface area contributed by atoms with Gasteiger partial charge in [-0.3, -0.25) is 0 Å². The van der Waals surface area contributed by atoms with Crippen molar-refractivity contribution in [1.29, 1.82) is 0 Å². The van der Waals surface area contributed by atoms with Crippen molar-refractivity contribution in [1.82, 2.24) is 5.32 Å². The van der Waals surface area contributed by atoms with E-state index in [1.54, 1.807) is 0 Å². The third-order valence-corrected chi connectivity index (χ3v) is 3.25. The van der Waals surface area contributed by atoms with Gasteiger partial charge in [0, 0.05) is 6.04 Å². The van der Waals surface area contributed by atoms with E-state index in [0.717, 1.165) is 18.8 Å². The van der Waals surface area contributed by atoms with Crippen molar-refractivity contribution >= 4 is 0 Å². The quantitative estimate of drug-likeness (QED) is 0.568. The van der Waals surface area contributed by atoms with Crippen LogP contribution >= 0.6 is 0 Å². The minimum absolute atomic E-state index is 0.00544. The summed E-state index contributed by atoms with van der Waals surface area (Å²) in [5.41, 5.74) is -0.503. The molecule has 0 aliphatic heterocycles. The molecule has 3 heteroatoms. The largest absolute Gasteiger partial charge is 0.394 e.